The highest BCUT2D eigenvalue weighted by Crippen LogP contribution is 2.28. The Morgan fingerprint density at radius 1 is 1.18 bits per heavy atom. The average molecular weight is 518 g/mol. The van der Waals surface area contributed by atoms with Crippen LogP contribution < -0.4 is 15.1 Å². The zero-order valence-corrected chi connectivity index (χ0v) is 22.3. The number of piperazine rings is 1. The number of hydrogen-bond donors (Lipinski definition) is 1. The van der Waals surface area contributed by atoms with Crippen molar-refractivity contribution in [2.45, 2.75) is 40.7 Å². The van der Waals surface area contributed by atoms with Gasteiger partial charge in [0.1, 0.15) is 12.6 Å². The largest absolute Gasteiger partial charge is 0.369 e. The monoisotopic (exact) mass is 516 g/mol. The van der Waals surface area contributed by atoms with E-state index >= 15 is 0 Å². The molecule has 8 heteroatoms. The van der Waals surface area contributed by atoms with E-state index in [1.54, 1.807) is 0 Å². The van der Waals surface area contributed by atoms with E-state index in [1.165, 1.54) is 5.69 Å². The number of aryl methyl sites for hydroxylation is 1. The van der Waals surface area contributed by atoms with E-state index < -0.39 is 0 Å². The molecule has 0 spiro atoms. The predicted octanol–water partition coefficient (Wildman–Crippen LogP) is 5.09. The first kappa shape index (κ1) is 26.8. The molecule has 1 aliphatic rings. The molecule has 2 heterocycles. The Labute approximate surface area is 207 Å². The lowest BCUT2D eigenvalue weighted by Crippen LogP contribution is -2.46. The van der Waals surface area contributed by atoms with E-state index in [-0.39, 0.29) is 0 Å². The second kappa shape index (κ2) is 12.7. The lowest BCUT2D eigenvalue weighted by atomic mass is 10.1. The third kappa shape index (κ3) is 7.27. The maximum absolute atomic E-state index is 8.00. The first-order valence-electron chi connectivity index (χ1n) is 11.4. The van der Waals surface area contributed by atoms with Gasteiger partial charge < -0.3 is 24.8 Å². The van der Waals surface area contributed by atoms with Gasteiger partial charge in [0.05, 0.1) is 5.69 Å². The molecule has 0 aliphatic carbocycles. The first-order valence-corrected chi connectivity index (χ1v) is 12.2. The summed E-state index contributed by atoms with van der Waals surface area (Å²) in [4.78, 5) is 24.7. The lowest BCUT2D eigenvalue weighted by Gasteiger charge is -2.35. The van der Waals surface area contributed by atoms with Crippen LogP contribution in [-0.2, 0) is 4.79 Å². The highest BCUT2D eigenvalue weighted by molar-refractivity contribution is 9.11. The van der Waals surface area contributed by atoms with E-state index in [0.29, 0.717) is 12.0 Å². The standard InChI is InChI=1S/C24H35BrN6.CH2O/c1-7-30-12-14-31(15-13-30)21-10-8-20(9-11-21)27-24-26-19(5)22(16-18(4)25)23(28-24)29(6)17(2)3;1-2/h8-11,16-17H,7,12-15H2,1-6H3,(H,26,27,28);1H2/b18-16+;. The van der Waals surface area contributed by atoms with Gasteiger partial charge in [-0.2, -0.15) is 4.98 Å². The Morgan fingerprint density at radius 3 is 2.30 bits per heavy atom. The van der Waals surface area contributed by atoms with Crippen molar-refractivity contribution in [1.29, 1.82) is 0 Å². The average Bonchev–Trinajstić information content (AvgIpc) is 2.81. The summed E-state index contributed by atoms with van der Waals surface area (Å²) in [6.45, 7) is 18.2. The number of aromatic nitrogens is 2. The van der Waals surface area contributed by atoms with Crippen LogP contribution in [0.3, 0.4) is 0 Å². The number of likely N-dealkylation sites (N-methyl/N-ethyl adjacent to an activating group) is 1. The molecule has 1 aliphatic heterocycles. The molecule has 7 nitrogen and oxygen atoms in total. The molecule has 1 aromatic heterocycles. The van der Waals surface area contributed by atoms with Gasteiger partial charge in [-0.15, -0.1) is 0 Å². The van der Waals surface area contributed by atoms with E-state index in [1.807, 2.05) is 20.6 Å². The van der Waals surface area contributed by atoms with Crippen molar-refractivity contribution in [1.82, 2.24) is 14.9 Å². The minimum Gasteiger partial charge on any atom is -0.369 e. The Kier molecular flexibility index (Phi) is 10.3. The van der Waals surface area contributed by atoms with Gasteiger partial charge in [0.25, 0.3) is 0 Å². The molecule has 2 aromatic rings. The van der Waals surface area contributed by atoms with Crippen molar-refractivity contribution in [3.8, 4) is 0 Å². The summed E-state index contributed by atoms with van der Waals surface area (Å²) in [5.74, 6) is 1.54. The van der Waals surface area contributed by atoms with Gasteiger partial charge in [-0.3, -0.25) is 0 Å². The molecule has 1 N–H and O–H groups in total. The highest BCUT2D eigenvalue weighted by Gasteiger charge is 2.17. The van der Waals surface area contributed by atoms with Crippen LogP contribution >= 0.6 is 15.9 Å². The van der Waals surface area contributed by atoms with Crippen molar-refractivity contribution in [2.24, 2.45) is 0 Å². The molecule has 0 unspecified atom stereocenters. The maximum atomic E-state index is 8.00. The fourth-order valence-electron chi connectivity index (χ4n) is 3.71. The molecule has 0 atom stereocenters. The molecule has 0 radical (unpaired) electrons. The van der Waals surface area contributed by atoms with E-state index in [0.717, 1.165) is 60.0 Å². The topological polar surface area (TPSA) is 64.6 Å². The van der Waals surface area contributed by atoms with Crippen LogP contribution in [0.1, 0.15) is 39.0 Å². The molecule has 1 fully saturated rings. The van der Waals surface area contributed by atoms with Gasteiger partial charge in [0.15, 0.2) is 0 Å². The molecule has 1 aromatic carbocycles. The molecule has 0 bridgehead atoms. The summed E-state index contributed by atoms with van der Waals surface area (Å²) in [7, 11) is 2.07. The molecule has 180 valence electrons. The summed E-state index contributed by atoms with van der Waals surface area (Å²) < 4.78 is 1.05. The van der Waals surface area contributed by atoms with Crippen LogP contribution in [0.5, 0.6) is 0 Å². The van der Waals surface area contributed by atoms with Crippen molar-refractivity contribution >= 4 is 51.9 Å². The van der Waals surface area contributed by atoms with Crippen LogP contribution in [0.4, 0.5) is 23.1 Å². The SMILES string of the molecule is C=O.CCN1CCN(c2ccc(Nc3nc(C)c(/C=C(\C)Br)c(N(C)C(C)C)n3)cc2)CC1. The van der Waals surface area contributed by atoms with E-state index in [2.05, 4.69) is 94.1 Å². The van der Waals surface area contributed by atoms with Crippen LogP contribution in [0.2, 0.25) is 0 Å². The molecular formula is C25H37BrN6O. The summed E-state index contributed by atoms with van der Waals surface area (Å²) in [6, 6.07) is 8.93. The smallest absolute Gasteiger partial charge is 0.229 e. The number of halogens is 1. The second-order valence-electron chi connectivity index (χ2n) is 8.40. The normalized spacial score (nSPS) is 14.7. The van der Waals surface area contributed by atoms with Gasteiger partial charge in [0.2, 0.25) is 5.95 Å². The quantitative estimate of drug-likeness (QED) is 0.549. The van der Waals surface area contributed by atoms with Gasteiger partial charge in [-0.1, -0.05) is 22.9 Å². The zero-order chi connectivity index (χ0) is 24.5. The van der Waals surface area contributed by atoms with E-state index in [9.17, 15) is 0 Å². The van der Waals surface area contributed by atoms with Crippen molar-refractivity contribution in [3.63, 3.8) is 0 Å². The number of anilines is 4. The number of carbonyl (C=O) groups is 1. The Morgan fingerprint density at radius 2 is 1.79 bits per heavy atom. The third-order valence-electron chi connectivity index (χ3n) is 5.88. The highest BCUT2D eigenvalue weighted by atomic mass is 79.9. The zero-order valence-electron chi connectivity index (χ0n) is 20.7. The van der Waals surface area contributed by atoms with Crippen molar-refractivity contribution < 1.29 is 4.79 Å². The van der Waals surface area contributed by atoms with E-state index in [4.69, 9.17) is 14.8 Å². The lowest BCUT2D eigenvalue weighted by molar-refractivity contribution is -0.0979. The molecule has 0 amide bonds. The van der Waals surface area contributed by atoms with Gasteiger partial charge in [-0.25, -0.2) is 4.98 Å². The molecule has 0 saturated carbocycles. The summed E-state index contributed by atoms with van der Waals surface area (Å²) in [6.07, 6.45) is 2.08. The number of carbonyl (C=O) groups excluding carboxylic acids is 1. The molecule has 1 saturated heterocycles. The minimum absolute atomic E-state index is 0.331. The number of nitrogens with zero attached hydrogens (tertiary/aromatic N) is 5. The Balaban J connectivity index is 0.00000187. The number of allylic oxidation sites excluding steroid dienone is 1. The Hall–Kier alpha value is -2.45. The van der Waals surface area contributed by atoms with Crippen LogP contribution in [0.15, 0.2) is 28.7 Å². The van der Waals surface area contributed by atoms with Gasteiger partial charge in [-0.05, 0) is 69.1 Å². The predicted molar refractivity (Wildman–Crippen MR) is 144 cm³/mol. The van der Waals surface area contributed by atoms with Crippen LogP contribution in [0.25, 0.3) is 6.08 Å². The number of hydrogen-bond acceptors (Lipinski definition) is 7. The summed E-state index contributed by atoms with van der Waals surface area (Å²) in [5, 5.41) is 3.40. The third-order valence-corrected chi connectivity index (χ3v) is 6.11. The number of rotatable bonds is 7. The van der Waals surface area contributed by atoms with Gasteiger partial charge >= 0.3 is 0 Å². The van der Waals surface area contributed by atoms with Crippen molar-refractivity contribution in [2.75, 3.05) is 54.9 Å². The molecular weight excluding hydrogens is 480 g/mol. The molecule has 33 heavy (non-hydrogen) atoms. The fraction of sp³-hybridized carbons (Fsp3) is 0.480. The van der Waals surface area contributed by atoms with Crippen molar-refractivity contribution in [3.05, 3.63) is 40.0 Å². The summed E-state index contributed by atoms with van der Waals surface area (Å²) in [5.41, 5.74) is 4.25. The molecule has 3 rings (SSSR count). The number of benzene rings is 1. The number of nitrogens with one attached hydrogen (secondary N) is 1. The van der Waals surface area contributed by atoms with Crippen LogP contribution in [-0.4, -0.2) is 67.5 Å². The second-order valence-corrected chi connectivity index (χ2v) is 9.65. The minimum atomic E-state index is 0.331. The maximum Gasteiger partial charge on any atom is 0.229 e. The first-order chi connectivity index (χ1) is 15.8. The Bertz CT molecular complexity index is 919. The van der Waals surface area contributed by atoms with Crippen LogP contribution in [0, 0.1) is 6.92 Å². The fourth-order valence-corrected chi connectivity index (χ4v) is 3.94. The van der Waals surface area contributed by atoms with Gasteiger partial charge in [0, 0.05) is 56.2 Å². The summed E-state index contributed by atoms with van der Waals surface area (Å²) >= 11 is 3.55.